The lowest BCUT2D eigenvalue weighted by Crippen LogP contribution is -2.37. The number of aromatic nitrogens is 10. The van der Waals surface area contributed by atoms with Crippen LogP contribution in [0.2, 0.25) is 0 Å². The predicted molar refractivity (Wildman–Crippen MR) is 178 cm³/mol. The maximum Gasteiger partial charge on any atom is 0.330 e. The minimum atomic E-state index is -1.35. The molecular weight excluding hydrogens is 742 g/mol. The van der Waals surface area contributed by atoms with Gasteiger partial charge in [-0.3, -0.25) is 28.3 Å². The van der Waals surface area contributed by atoms with Gasteiger partial charge < -0.3 is 70.9 Å². The summed E-state index contributed by atoms with van der Waals surface area (Å²) in [4.78, 5) is 58.0. The van der Waals surface area contributed by atoms with Crippen LogP contribution in [0.15, 0.2) is 52.0 Å². The van der Waals surface area contributed by atoms with E-state index in [4.69, 9.17) is 35.3 Å². The third-order valence-electron chi connectivity index (χ3n) is 8.98. The number of aliphatic hydroxyl groups is 9. The second-order valence-corrected chi connectivity index (χ2v) is 12.3. The van der Waals surface area contributed by atoms with Crippen molar-refractivity contribution in [1.29, 1.82) is 0 Å². The molecule has 55 heavy (non-hydrogen) atoms. The Bertz CT molecular complexity index is 2260. The molecule has 12 atom stereocenters. The van der Waals surface area contributed by atoms with Crippen molar-refractivity contribution >= 4 is 28.1 Å². The van der Waals surface area contributed by atoms with Crippen LogP contribution in [0.4, 0.5) is 5.82 Å². The second kappa shape index (κ2) is 16.3. The molecule has 0 saturated carbocycles. The highest BCUT2D eigenvalue weighted by molar-refractivity contribution is 5.81. The van der Waals surface area contributed by atoms with Crippen molar-refractivity contribution in [3.8, 4) is 0 Å². The van der Waals surface area contributed by atoms with E-state index >= 15 is 0 Å². The highest BCUT2D eigenvalue weighted by Gasteiger charge is 2.46. The van der Waals surface area contributed by atoms with Crippen LogP contribution in [0.5, 0.6) is 0 Å². The number of nitrogens with two attached hydrogens (primary N) is 1. The summed E-state index contributed by atoms with van der Waals surface area (Å²) in [5.41, 5.74) is 5.05. The number of hydrogen-bond donors (Lipinski definition) is 12. The van der Waals surface area contributed by atoms with Gasteiger partial charge in [0, 0.05) is 12.3 Å². The zero-order valence-corrected chi connectivity index (χ0v) is 28.1. The van der Waals surface area contributed by atoms with Gasteiger partial charge in [0.05, 0.1) is 38.8 Å². The van der Waals surface area contributed by atoms with Gasteiger partial charge in [-0.15, -0.1) is 0 Å². The van der Waals surface area contributed by atoms with Gasteiger partial charge in [0.2, 0.25) is 0 Å². The van der Waals surface area contributed by atoms with E-state index in [2.05, 4.69) is 29.9 Å². The Hall–Kier alpha value is -5.10. The van der Waals surface area contributed by atoms with E-state index < -0.39 is 110 Å². The fourth-order valence-corrected chi connectivity index (χ4v) is 6.06. The molecule has 8 rings (SSSR count). The first-order valence-corrected chi connectivity index (χ1v) is 16.3. The lowest BCUT2D eigenvalue weighted by Gasteiger charge is -2.16. The molecule has 13 N–H and O–H groups in total. The van der Waals surface area contributed by atoms with Crippen LogP contribution < -0.4 is 22.5 Å². The molecule has 0 aliphatic carbocycles. The zero-order valence-electron chi connectivity index (χ0n) is 28.1. The summed E-state index contributed by atoms with van der Waals surface area (Å²) in [5, 5.41) is 85.5. The Morgan fingerprint density at radius 3 is 1.58 bits per heavy atom. The molecule has 3 aliphatic rings. The number of aromatic amines is 2. The maximum absolute atomic E-state index is 11.5. The van der Waals surface area contributed by atoms with E-state index in [0.29, 0.717) is 11.2 Å². The summed E-state index contributed by atoms with van der Waals surface area (Å²) in [5.74, 6) is 0.218. The molecule has 0 amide bonds. The number of aliphatic hydroxyl groups excluding tert-OH is 9. The van der Waals surface area contributed by atoms with Crippen molar-refractivity contribution in [2.45, 2.75) is 73.6 Å². The monoisotopic (exact) mass is 779 g/mol. The van der Waals surface area contributed by atoms with Gasteiger partial charge in [-0.1, -0.05) is 0 Å². The summed E-state index contributed by atoms with van der Waals surface area (Å²) in [6, 6.07) is 1.09. The first kappa shape index (κ1) is 39.6. The zero-order chi connectivity index (χ0) is 39.7. The largest absolute Gasteiger partial charge is 0.394 e. The third-order valence-corrected chi connectivity index (χ3v) is 8.98. The van der Waals surface area contributed by atoms with Gasteiger partial charge in [-0.2, -0.15) is 0 Å². The molecule has 5 aromatic rings. The first-order valence-electron chi connectivity index (χ1n) is 16.3. The average molecular weight is 780 g/mol. The van der Waals surface area contributed by atoms with Crippen LogP contribution in [0.25, 0.3) is 22.3 Å². The fourth-order valence-electron chi connectivity index (χ4n) is 6.06. The molecule has 5 aromatic heterocycles. The topological polar surface area (TPSA) is 398 Å². The molecule has 3 saturated heterocycles. The van der Waals surface area contributed by atoms with Crippen LogP contribution in [0, 0.1) is 0 Å². The number of imidazole rings is 2. The van der Waals surface area contributed by atoms with Crippen molar-refractivity contribution in [1.82, 2.24) is 48.6 Å². The van der Waals surface area contributed by atoms with Gasteiger partial charge in [0.15, 0.2) is 41.3 Å². The van der Waals surface area contributed by atoms with E-state index in [-0.39, 0.29) is 17.0 Å². The van der Waals surface area contributed by atoms with Crippen molar-refractivity contribution in [3.05, 3.63) is 68.8 Å². The SMILES string of the molecule is Nc1ncnc2c1ncn2[C@@H]1O[C@H](CO)[C@@H](O)[C@H]1O.O=c1[nH]cnc2c1ncn2[C@@H]1O[C@H](CO)[C@@H](O)[C@H]1O.O=c1ccn([C@@H]2O[C@H](CO)[C@@H](O)[C@H]2O)c(=O)[nH]1. The fraction of sp³-hybridized carbons (Fsp3) is 0.517. The van der Waals surface area contributed by atoms with Gasteiger partial charge >= 0.3 is 5.69 Å². The van der Waals surface area contributed by atoms with Crippen molar-refractivity contribution in [2.24, 2.45) is 0 Å². The smallest absolute Gasteiger partial charge is 0.330 e. The highest BCUT2D eigenvalue weighted by Crippen LogP contribution is 2.32. The minimum absolute atomic E-state index is 0.111. The number of nitrogen functional groups attached to an aromatic ring is 1. The van der Waals surface area contributed by atoms with Crippen LogP contribution in [0.3, 0.4) is 0 Å². The van der Waals surface area contributed by atoms with Crippen molar-refractivity contribution in [3.63, 3.8) is 0 Å². The van der Waals surface area contributed by atoms with E-state index in [0.717, 1.165) is 16.8 Å². The van der Waals surface area contributed by atoms with Crippen molar-refractivity contribution < 1.29 is 60.2 Å². The molecule has 3 aliphatic heterocycles. The Morgan fingerprint density at radius 2 is 1.11 bits per heavy atom. The highest BCUT2D eigenvalue weighted by atomic mass is 16.6. The van der Waals surface area contributed by atoms with Crippen molar-refractivity contribution in [2.75, 3.05) is 25.6 Å². The lowest BCUT2D eigenvalue weighted by atomic mass is 10.1. The molecule has 0 unspecified atom stereocenters. The number of ether oxygens (including phenoxy) is 3. The Kier molecular flexibility index (Phi) is 11.8. The number of rotatable bonds is 6. The number of nitrogens with one attached hydrogen (secondary N) is 2. The van der Waals surface area contributed by atoms with Crippen LogP contribution in [-0.4, -0.2) is 169 Å². The van der Waals surface area contributed by atoms with E-state index in [1.165, 1.54) is 34.4 Å². The predicted octanol–water partition coefficient (Wildman–Crippen LogP) is -7.10. The Balaban J connectivity index is 0.000000141. The van der Waals surface area contributed by atoms with Crippen LogP contribution in [-0.2, 0) is 14.2 Å². The van der Waals surface area contributed by atoms with Gasteiger partial charge in [-0.05, 0) is 0 Å². The summed E-state index contributed by atoms with van der Waals surface area (Å²) in [7, 11) is 0. The standard InChI is InChI=1S/C10H13N5O4.C10H12N4O5.C9H12N2O6/c11-8-5-9(13-2-12-8)15(3-14-5)10-7(18)6(17)4(1-16)19-10;15-1-4-6(16)7(17)10(19-4)14-3-13-5-8(14)11-2-12-9(5)18;12-3-4-6(14)7(15)8(17-4)11-2-1-5(13)10-9(11)16/h2-4,6-7,10,16-18H,1H2,(H2,11,12,13);2-4,6-7,10,15-17H,1H2,(H,11,12,18);1-2,4,6-8,12,14-15H,3H2,(H,10,13,16)/t2*4-,6-,7-,10-;4-,6-,7-,8-/m111/s1. The normalized spacial score (nSPS) is 31.7. The van der Waals surface area contributed by atoms with Gasteiger partial charge in [0.1, 0.15) is 66.8 Å². The molecular formula is C29H37N11O15. The number of anilines is 1. The molecule has 0 bridgehead atoms. The second-order valence-electron chi connectivity index (χ2n) is 12.3. The maximum atomic E-state index is 11.5. The summed E-state index contributed by atoms with van der Waals surface area (Å²) >= 11 is 0. The average Bonchev–Trinajstić information content (AvgIpc) is 3.98. The molecule has 0 aromatic carbocycles. The van der Waals surface area contributed by atoms with Crippen LogP contribution >= 0.6 is 0 Å². The van der Waals surface area contributed by atoms with E-state index in [1.807, 2.05) is 4.98 Å². The quantitative estimate of drug-likeness (QED) is 0.0761. The van der Waals surface area contributed by atoms with Gasteiger partial charge in [-0.25, -0.2) is 29.7 Å². The molecule has 8 heterocycles. The first-order chi connectivity index (χ1) is 26.3. The molecule has 26 nitrogen and oxygen atoms in total. The molecule has 3 fully saturated rings. The summed E-state index contributed by atoms with van der Waals surface area (Å²) in [6.45, 7) is -1.29. The molecule has 26 heteroatoms. The summed E-state index contributed by atoms with van der Waals surface area (Å²) < 4.78 is 19.6. The van der Waals surface area contributed by atoms with Gasteiger partial charge in [0.25, 0.3) is 11.1 Å². The Morgan fingerprint density at radius 1 is 0.636 bits per heavy atom. The lowest BCUT2D eigenvalue weighted by molar-refractivity contribution is -0.0550. The molecule has 298 valence electrons. The number of hydrogen-bond acceptors (Lipinski definition) is 21. The Labute approximate surface area is 304 Å². The third kappa shape index (κ3) is 7.48. The van der Waals surface area contributed by atoms with E-state index in [9.17, 15) is 45.0 Å². The molecule has 0 spiro atoms. The number of nitrogens with zero attached hydrogens (tertiary/aromatic N) is 8. The minimum Gasteiger partial charge on any atom is -0.394 e. The van der Waals surface area contributed by atoms with Crippen LogP contribution in [0.1, 0.15) is 18.7 Å². The number of H-pyrrole nitrogens is 2. The molecule has 0 radical (unpaired) electrons. The van der Waals surface area contributed by atoms with E-state index in [1.54, 1.807) is 0 Å². The summed E-state index contributed by atoms with van der Waals surface area (Å²) in [6.07, 6.45) is -6.79. The number of fused-ring (bicyclic) bond motifs is 2.